The molecule has 26 heavy (non-hydrogen) atoms. The molecule has 0 aromatic heterocycles. The lowest BCUT2D eigenvalue weighted by molar-refractivity contribution is -0.148. The average Bonchev–Trinajstić information content (AvgIpc) is 2.61. The summed E-state index contributed by atoms with van der Waals surface area (Å²) in [6, 6.07) is 6.81. The standard InChI is InChI=1S/C18H26N2O6/c1-3-24-11-6-10-19-18(23)20-16(21)13-26-17(22)9-12-25-15-8-5-4-7-14(15)2/h4-5,7-8H,3,6,9-13H2,1-2H3,(H2,19,20,21,23). The van der Waals surface area contributed by atoms with Crippen LogP contribution in [0.15, 0.2) is 24.3 Å². The topological polar surface area (TPSA) is 103 Å². The summed E-state index contributed by atoms with van der Waals surface area (Å²) < 4.78 is 15.4. The molecule has 144 valence electrons. The molecule has 8 heteroatoms. The van der Waals surface area contributed by atoms with E-state index < -0.39 is 24.5 Å². The van der Waals surface area contributed by atoms with E-state index in [1.54, 1.807) is 6.07 Å². The molecule has 0 bridgehead atoms. The summed E-state index contributed by atoms with van der Waals surface area (Å²) in [4.78, 5) is 34.6. The number of para-hydroxylation sites is 1. The number of hydrogen-bond acceptors (Lipinski definition) is 6. The Morgan fingerprint density at radius 2 is 1.88 bits per heavy atom. The zero-order valence-electron chi connectivity index (χ0n) is 15.2. The summed E-state index contributed by atoms with van der Waals surface area (Å²) in [6.45, 7) is 4.95. The van der Waals surface area contributed by atoms with E-state index in [9.17, 15) is 14.4 Å². The fourth-order valence-corrected chi connectivity index (χ4v) is 1.91. The maximum Gasteiger partial charge on any atom is 0.321 e. The average molecular weight is 366 g/mol. The molecule has 0 saturated heterocycles. The van der Waals surface area contributed by atoms with E-state index in [0.717, 1.165) is 5.56 Å². The van der Waals surface area contributed by atoms with Gasteiger partial charge in [-0.25, -0.2) is 4.79 Å². The van der Waals surface area contributed by atoms with Crippen LogP contribution in [0.25, 0.3) is 0 Å². The van der Waals surface area contributed by atoms with Crippen LogP contribution in [0.2, 0.25) is 0 Å². The van der Waals surface area contributed by atoms with Crippen LogP contribution in [0.5, 0.6) is 5.75 Å². The summed E-state index contributed by atoms with van der Waals surface area (Å²) in [5.41, 5.74) is 0.965. The second-order valence-corrected chi connectivity index (χ2v) is 5.38. The third-order valence-electron chi connectivity index (χ3n) is 3.23. The molecule has 0 aliphatic rings. The van der Waals surface area contributed by atoms with E-state index in [2.05, 4.69) is 10.6 Å². The molecular weight excluding hydrogens is 340 g/mol. The van der Waals surface area contributed by atoms with Gasteiger partial charge in [0.1, 0.15) is 5.75 Å². The normalized spacial score (nSPS) is 10.1. The lowest BCUT2D eigenvalue weighted by Crippen LogP contribution is -2.42. The van der Waals surface area contributed by atoms with Gasteiger partial charge in [0.05, 0.1) is 13.0 Å². The van der Waals surface area contributed by atoms with Crippen molar-refractivity contribution in [1.82, 2.24) is 10.6 Å². The molecule has 0 spiro atoms. The van der Waals surface area contributed by atoms with Crippen LogP contribution in [0, 0.1) is 6.92 Å². The van der Waals surface area contributed by atoms with Gasteiger partial charge in [-0.15, -0.1) is 0 Å². The van der Waals surface area contributed by atoms with Crippen molar-refractivity contribution in [3.8, 4) is 5.75 Å². The number of nitrogens with one attached hydrogen (secondary N) is 2. The molecule has 2 N–H and O–H groups in total. The number of amides is 3. The fraction of sp³-hybridized carbons (Fsp3) is 0.500. The van der Waals surface area contributed by atoms with E-state index in [4.69, 9.17) is 14.2 Å². The zero-order valence-corrected chi connectivity index (χ0v) is 15.2. The van der Waals surface area contributed by atoms with E-state index in [1.807, 2.05) is 32.0 Å². The number of aryl methyl sites for hydroxylation is 1. The van der Waals surface area contributed by atoms with Gasteiger partial charge in [-0.1, -0.05) is 18.2 Å². The smallest absolute Gasteiger partial charge is 0.321 e. The summed E-state index contributed by atoms with van der Waals surface area (Å²) in [6.07, 6.45) is 0.649. The predicted octanol–water partition coefficient (Wildman–Crippen LogP) is 1.56. The van der Waals surface area contributed by atoms with E-state index >= 15 is 0 Å². The number of rotatable bonds is 11. The molecule has 8 nitrogen and oxygen atoms in total. The molecule has 0 radical (unpaired) electrons. The van der Waals surface area contributed by atoms with Gasteiger partial charge < -0.3 is 19.5 Å². The first kappa shape index (κ1) is 21.4. The van der Waals surface area contributed by atoms with Crippen LogP contribution in [0.4, 0.5) is 4.79 Å². The fourth-order valence-electron chi connectivity index (χ4n) is 1.91. The number of imide groups is 1. The molecule has 0 unspecified atom stereocenters. The van der Waals surface area contributed by atoms with Crippen LogP contribution in [-0.2, 0) is 19.1 Å². The van der Waals surface area contributed by atoms with Gasteiger partial charge in [0.25, 0.3) is 5.91 Å². The minimum Gasteiger partial charge on any atom is -0.493 e. The van der Waals surface area contributed by atoms with Crippen LogP contribution < -0.4 is 15.4 Å². The summed E-state index contributed by atoms with van der Waals surface area (Å²) in [5, 5.41) is 4.58. The van der Waals surface area contributed by atoms with Crippen LogP contribution >= 0.6 is 0 Å². The summed E-state index contributed by atoms with van der Waals surface area (Å²) >= 11 is 0. The van der Waals surface area contributed by atoms with Crippen molar-refractivity contribution in [3.05, 3.63) is 29.8 Å². The highest BCUT2D eigenvalue weighted by atomic mass is 16.5. The van der Waals surface area contributed by atoms with E-state index in [-0.39, 0.29) is 13.0 Å². The van der Waals surface area contributed by atoms with Gasteiger partial charge in [0.2, 0.25) is 0 Å². The molecule has 1 rings (SSSR count). The Morgan fingerprint density at radius 3 is 2.62 bits per heavy atom. The minimum atomic E-state index is -0.694. The number of carbonyl (C=O) groups excluding carboxylic acids is 3. The highest BCUT2D eigenvalue weighted by Gasteiger charge is 2.11. The Morgan fingerprint density at radius 1 is 1.12 bits per heavy atom. The van der Waals surface area contributed by atoms with Gasteiger partial charge in [0.15, 0.2) is 6.61 Å². The van der Waals surface area contributed by atoms with Crippen molar-refractivity contribution in [1.29, 1.82) is 0 Å². The SMILES string of the molecule is CCOCCCNC(=O)NC(=O)COC(=O)CCOc1ccccc1C. The minimum absolute atomic E-state index is 0.00520. The Kier molecular flexibility index (Phi) is 10.5. The van der Waals surface area contributed by atoms with Crippen LogP contribution in [0.3, 0.4) is 0 Å². The molecule has 1 aromatic rings. The molecule has 0 aliphatic heterocycles. The molecular formula is C18H26N2O6. The van der Waals surface area contributed by atoms with Gasteiger partial charge >= 0.3 is 12.0 Å². The predicted molar refractivity (Wildman–Crippen MR) is 94.9 cm³/mol. The first-order valence-electron chi connectivity index (χ1n) is 8.52. The molecule has 0 aliphatic carbocycles. The molecule has 0 atom stereocenters. The van der Waals surface area contributed by atoms with Gasteiger partial charge in [-0.2, -0.15) is 0 Å². The number of esters is 1. The van der Waals surface area contributed by atoms with E-state index in [1.165, 1.54) is 0 Å². The van der Waals surface area contributed by atoms with Crippen molar-refractivity contribution in [2.75, 3.05) is 33.0 Å². The maximum atomic E-state index is 11.6. The number of ether oxygens (including phenoxy) is 3. The van der Waals surface area contributed by atoms with Gasteiger partial charge in [-0.05, 0) is 31.9 Å². The number of urea groups is 1. The van der Waals surface area contributed by atoms with Crippen LogP contribution in [-0.4, -0.2) is 50.9 Å². The second kappa shape index (κ2) is 12.7. The zero-order chi connectivity index (χ0) is 19.2. The third-order valence-corrected chi connectivity index (χ3v) is 3.23. The molecule has 0 saturated carbocycles. The Bertz CT molecular complexity index is 591. The first-order valence-corrected chi connectivity index (χ1v) is 8.52. The molecule has 3 amide bonds. The lowest BCUT2D eigenvalue weighted by atomic mass is 10.2. The Labute approximate surface area is 153 Å². The third kappa shape index (κ3) is 9.63. The van der Waals surface area contributed by atoms with Crippen molar-refractivity contribution >= 4 is 17.9 Å². The lowest BCUT2D eigenvalue weighted by Gasteiger charge is -2.09. The largest absolute Gasteiger partial charge is 0.493 e. The maximum absolute atomic E-state index is 11.6. The molecule has 1 aromatic carbocycles. The number of benzene rings is 1. The highest BCUT2D eigenvalue weighted by molar-refractivity contribution is 5.95. The summed E-state index contributed by atoms with van der Waals surface area (Å²) in [7, 11) is 0. The quantitative estimate of drug-likeness (QED) is 0.455. The second-order valence-electron chi connectivity index (χ2n) is 5.38. The van der Waals surface area contributed by atoms with Crippen molar-refractivity contribution < 1.29 is 28.6 Å². The number of carbonyl (C=O) groups is 3. The molecule has 0 fully saturated rings. The van der Waals surface area contributed by atoms with E-state index in [0.29, 0.717) is 31.9 Å². The van der Waals surface area contributed by atoms with Crippen molar-refractivity contribution in [2.24, 2.45) is 0 Å². The summed E-state index contributed by atoms with van der Waals surface area (Å²) in [5.74, 6) is -0.578. The van der Waals surface area contributed by atoms with Crippen molar-refractivity contribution in [2.45, 2.75) is 26.7 Å². The van der Waals surface area contributed by atoms with Crippen LogP contribution in [0.1, 0.15) is 25.3 Å². The monoisotopic (exact) mass is 366 g/mol. The van der Waals surface area contributed by atoms with Crippen molar-refractivity contribution in [3.63, 3.8) is 0 Å². The molecule has 0 heterocycles. The van der Waals surface area contributed by atoms with Gasteiger partial charge in [-0.3, -0.25) is 14.9 Å². The van der Waals surface area contributed by atoms with Gasteiger partial charge in [0, 0.05) is 19.8 Å². The Balaban J connectivity index is 2.11. The first-order chi connectivity index (χ1) is 12.5. The Hall–Kier alpha value is -2.61. The number of hydrogen-bond donors (Lipinski definition) is 2. The highest BCUT2D eigenvalue weighted by Crippen LogP contribution is 2.16.